The molecule has 0 saturated carbocycles. The van der Waals surface area contributed by atoms with E-state index in [2.05, 4.69) is 13.8 Å². The van der Waals surface area contributed by atoms with E-state index in [-0.39, 0.29) is 12.5 Å². The van der Waals surface area contributed by atoms with Gasteiger partial charge in [0.2, 0.25) is 0 Å². The molecule has 0 aliphatic rings. The highest BCUT2D eigenvalue weighted by Gasteiger charge is 2.13. The smallest absolute Gasteiger partial charge is 0.264 e. The molecule has 0 aromatic carbocycles. The van der Waals surface area contributed by atoms with Crippen LogP contribution in [0.4, 0.5) is 0 Å². The van der Waals surface area contributed by atoms with E-state index < -0.39 is 10.4 Å². The van der Waals surface area contributed by atoms with Gasteiger partial charge < -0.3 is 0 Å². The van der Waals surface area contributed by atoms with Gasteiger partial charge in [-0.15, -0.1) is 0 Å². The number of unbranched alkanes of at least 4 members (excludes halogenated alkanes) is 25. The summed E-state index contributed by atoms with van der Waals surface area (Å²) in [6.45, 7) is 4.66. The molecule has 1 atom stereocenters. The van der Waals surface area contributed by atoms with Gasteiger partial charge in [0, 0.05) is 0 Å². The molecule has 0 fully saturated rings. The van der Waals surface area contributed by atoms with Crippen LogP contribution < -0.4 is 0 Å². The van der Waals surface area contributed by atoms with Crippen molar-refractivity contribution in [3.63, 3.8) is 0 Å². The highest BCUT2D eigenvalue weighted by molar-refractivity contribution is 7.80. The van der Waals surface area contributed by atoms with Gasteiger partial charge in [0.25, 0.3) is 0 Å². The summed E-state index contributed by atoms with van der Waals surface area (Å²) in [5.74, 6) is 0.239. The van der Waals surface area contributed by atoms with Crippen LogP contribution in [-0.2, 0) is 14.6 Å². The first kappa shape index (κ1) is 37.9. The Kier molecular flexibility index (Phi) is 29.7. The molecule has 0 aliphatic heterocycles. The molecule has 1 unspecified atom stereocenters. The van der Waals surface area contributed by atoms with Gasteiger partial charge in [-0.1, -0.05) is 187 Å². The molecule has 0 aromatic heterocycles. The van der Waals surface area contributed by atoms with E-state index in [1.165, 1.54) is 161 Å². The van der Waals surface area contributed by atoms with Crippen molar-refractivity contribution in [1.29, 1.82) is 0 Å². The van der Waals surface area contributed by atoms with Crippen molar-refractivity contribution >= 4 is 10.4 Å². The third-order valence-corrected chi connectivity index (χ3v) is 8.57. The maximum Gasteiger partial charge on any atom is 0.397 e. The van der Waals surface area contributed by atoms with Crippen molar-refractivity contribution in [2.45, 2.75) is 200 Å². The minimum atomic E-state index is -4.33. The first-order valence-corrected chi connectivity index (χ1v) is 18.5. The predicted molar refractivity (Wildman–Crippen MR) is 166 cm³/mol. The van der Waals surface area contributed by atoms with E-state index in [0.717, 1.165) is 25.7 Å². The largest absolute Gasteiger partial charge is 0.397 e. The Morgan fingerprint density at radius 1 is 0.447 bits per heavy atom. The monoisotopic (exact) mass is 560 g/mol. The van der Waals surface area contributed by atoms with Crippen LogP contribution in [0, 0.1) is 5.92 Å². The second-order valence-corrected chi connectivity index (χ2v) is 13.1. The minimum absolute atomic E-state index is 0.133. The van der Waals surface area contributed by atoms with Crippen LogP contribution in [0.3, 0.4) is 0 Å². The summed E-state index contributed by atoms with van der Waals surface area (Å²) in [7, 11) is -4.33. The third-order valence-electron chi connectivity index (χ3n) is 8.13. The highest BCUT2D eigenvalue weighted by atomic mass is 32.3. The van der Waals surface area contributed by atoms with E-state index in [4.69, 9.17) is 8.74 Å². The molecule has 38 heavy (non-hydrogen) atoms. The van der Waals surface area contributed by atoms with Crippen LogP contribution in [0.25, 0.3) is 0 Å². The third kappa shape index (κ3) is 32.1. The van der Waals surface area contributed by atoms with Gasteiger partial charge >= 0.3 is 10.4 Å². The van der Waals surface area contributed by atoms with E-state index in [0.29, 0.717) is 0 Å². The summed E-state index contributed by atoms with van der Waals surface area (Å²) >= 11 is 0. The predicted octanol–water partition coefficient (Wildman–Crippen LogP) is 11.8. The standard InChI is InChI=1S/C33H68O4S/c1-3-5-7-9-11-12-13-14-15-16-17-18-19-20-21-22-23-25-27-29-31-33(32-37-38(34,35)36)30-28-26-24-10-8-6-4-2/h33H,3-32H2,1-2H3,(H,34,35,36). The number of hydrogen-bond acceptors (Lipinski definition) is 3. The quantitative estimate of drug-likeness (QED) is 0.0656. The van der Waals surface area contributed by atoms with Crippen molar-refractivity contribution in [2.24, 2.45) is 5.92 Å². The molecule has 0 spiro atoms. The lowest BCUT2D eigenvalue weighted by molar-refractivity contribution is 0.204. The maximum atomic E-state index is 11.0. The van der Waals surface area contributed by atoms with Crippen molar-refractivity contribution in [3.05, 3.63) is 0 Å². The van der Waals surface area contributed by atoms with Crippen LogP contribution in [0.2, 0.25) is 0 Å². The van der Waals surface area contributed by atoms with Gasteiger partial charge in [0.15, 0.2) is 0 Å². The minimum Gasteiger partial charge on any atom is -0.264 e. The second-order valence-electron chi connectivity index (χ2n) is 12.0. The average Bonchev–Trinajstić information content (AvgIpc) is 2.89. The number of rotatable bonds is 32. The molecule has 0 amide bonds. The van der Waals surface area contributed by atoms with Crippen LogP contribution in [0.1, 0.15) is 200 Å². The fourth-order valence-corrected chi connectivity index (χ4v) is 5.94. The van der Waals surface area contributed by atoms with Crippen LogP contribution in [-0.4, -0.2) is 19.6 Å². The Morgan fingerprint density at radius 3 is 0.921 bits per heavy atom. The van der Waals surface area contributed by atoms with Crippen LogP contribution in [0.15, 0.2) is 0 Å². The van der Waals surface area contributed by atoms with Gasteiger partial charge in [0.1, 0.15) is 0 Å². The zero-order valence-electron chi connectivity index (χ0n) is 25.9. The fourth-order valence-electron chi connectivity index (χ4n) is 5.57. The number of hydrogen-bond donors (Lipinski definition) is 1. The molecule has 0 heterocycles. The van der Waals surface area contributed by atoms with Gasteiger partial charge in [-0.25, -0.2) is 4.18 Å². The molecular formula is C33H68O4S. The Labute approximate surface area is 239 Å². The lowest BCUT2D eigenvalue weighted by Gasteiger charge is -2.16. The second kappa shape index (κ2) is 29.8. The average molecular weight is 561 g/mol. The van der Waals surface area contributed by atoms with E-state index in [1.54, 1.807) is 0 Å². The normalized spacial score (nSPS) is 12.8. The summed E-state index contributed by atoms with van der Waals surface area (Å²) in [6, 6.07) is 0. The van der Waals surface area contributed by atoms with Gasteiger partial charge in [-0.05, 0) is 18.8 Å². The molecule has 4 nitrogen and oxygen atoms in total. The Hall–Kier alpha value is -0.130. The molecule has 0 aromatic rings. The zero-order chi connectivity index (χ0) is 28.0. The topological polar surface area (TPSA) is 63.6 Å². The molecule has 0 saturated heterocycles. The first-order valence-electron chi connectivity index (χ1n) is 17.1. The SMILES string of the molecule is CCCCCCCCCCCCCCCCCCCCCCC(CCCCCCCCC)COS(=O)(=O)O. The Bertz CT molecular complexity index is 549. The van der Waals surface area contributed by atoms with Gasteiger partial charge in [-0.2, -0.15) is 8.42 Å². The lowest BCUT2D eigenvalue weighted by Crippen LogP contribution is -2.14. The van der Waals surface area contributed by atoms with Crippen molar-refractivity contribution in [3.8, 4) is 0 Å². The Morgan fingerprint density at radius 2 is 0.684 bits per heavy atom. The summed E-state index contributed by atoms with van der Waals surface area (Å²) < 4.78 is 35.7. The van der Waals surface area contributed by atoms with E-state index in [9.17, 15) is 8.42 Å². The van der Waals surface area contributed by atoms with Crippen LogP contribution >= 0.6 is 0 Å². The summed E-state index contributed by atoms with van der Waals surface area (Å²) in [4.78, 5) is 0. The molecule has 0 rings (SSSR count). The molecule has 5 heteroatoms. The highest BCUT2D eigenvalue weighted by Crippen LogP contribution is 2.21. The molecule has 0 radical (unpaired) electrons. The van der Waals surface area contributed by atoms with Crippen molar-refractivity contribution in [1.82, 2.24) is 0 Å². The summed E-state index contributed by atoms with van der Waals surface area (Å²) in [5.41, 5.74) is 0. The molecule has 0 aliphatic carbocycles. The van der Waals surface area contributed by atoms with E-state index >= 15 is 0 Å². The van der Waals surface area contributed by atoms with Crippen LogP contribution in [0.5, 0.6) is 0 Å². The summed E-state index contributed by atoms with van der Waals surface area (Å²) in [6.07, 6.45) is 38.5. The molecule has 1 N–H and O–H groups in total. The van der Waals surface area contributed by atoms with Crippen molar-refractivity contribution < 1.29 is 17.2 Å². The first-order chi connectivity index (χ1) is 18.5. The lowest BCUT2D eigenvalue weighted by atomic mass is 9.94. The summed E-state index contributed by atoms with van der Waals surface area (Å²) in [5, 5.41) is 0. The Balaban J connectivity index is 3.54. The maximum absolute atomic E-state index is 11.0. The van der Waals surface area contributed by atoms with Gasteiger partial charge in [0.05, 0.1) is 6.61 Å². The zero-order valence-corrected chi connectivity index (χ0v) is 26.7. The van der Waals surface area contributed by atoms with Crippen molar-refractivity contribution in [2.75, 3.05) is 6.61 Å². The molecule has 230 valence electrons. The van der Waals surface area contributed by atoms with E-state index in [1.807, 2.05) is 0 Å². The van der Waals surface area contributed by atoms with Gasteiger partial charge in [-0.3, -0.25) is 4.55 Å². The molecule has 0 bridgehead atoms. The molecular weight excluding hydrogens is 492 g/mol. The fraction of sp³-hybridized carbons (Fsp3) is 1.00.